The number of rotatable bonds is 5. The molecule has 1 aromatic carbocycles. The first kappa shape index (κ1) is 19.1. The van der Waals surface area contributed by atoms with E-state index in [1.807, 2.05) is 6.92 Å². The Balaban J connectivity index is 0.00000242. The van der Waals surface area contributed by atoms with Gasteiger partial charge >= 0.3 is 0 Å². The maximum atomic E-state index is 13.3. The molecule has 1 aromatic heterocycles. The smallest absolute Gasteiger partial charge is 0.191 e. The monoisotopic (exact) mass is 437 g/mol. The summed E-state index contributed by atoms with van der Waals surface area (Å²) < 4.78 is 19.0. The fraction of sp³-hybridized carbons (Fsp3) is 0.400. The second kappa shape index (κ2) is 9.24. The fourth-order valence-electron chi connectivity index (χ4n) is 2.07. The summed E-state index contributed by atoms with van der Waals surface area (Å²) >= 11 is 1.78. The van der Waals surface area contributed by atoms with Crippen molar-refractivity contribution in [2.24, 2.45) is 4.99 Å². The summed E-state index contributed by atoms with van der Waals surface area (Å²) in [5, 5.41) is 7.24. The van der Waals surface area contributed by atoms with E-state index in [2.05, 4.69) is 21.9 Å². The summed E-state index contributed by atoms with van der Waals surface area (Å²) in [6, 6.07) is 4.57. The van der Waals surface area contributed by atoms with Crippen LogP contribution in [0.4, 0.5) is 4.39 Å². The average molecular weight is 437 g/mol. The Bertz CT molecular complexity index is 645. The van der Waals surface area contributed by atoms with Gasteiger partial charge in [0, 0.05) is 30.3 Å². The number of benzene rings is 1. The Labute approximate surface area is 151 Å². The molecule has 122 valence electrons. The van der Waals surface area contributed by atoms with Crippen molar-refractivity contribution in [3.63, 3.8) is 0 Å². The standard InChI is InChI=1S/C15H20FN3OS.HI/c1-10-12-8-11(16)4-5-13(12)20-14(10)9-19-15(17-2)18-6-7-21-3;/h4-5,8H,6-7,9H2,1-3H3,(H2,17,18,19);1H. The van der Waals surface area contributed by atoms with Gasteiger partial charge in [-0.15, -0.1) is 24.0 Å². The van der Waals surface area contributed by atoms with Crippen LogP contribution in [-0.4, -0.2) is 31.6 Å². The number of hydrogen-bond donors (Lipinski definition) is 2. The van der Waals surface area contributed by atoms with Crippen molar-refractivity contribution in [3.8, 4) is 0 Å². The second-order valence-electron chi connectivity index (χ2n) is 4.64. The normalized spacial score (nSPS) is 11.4. The molecule has 1 heterocycles. The van der Waals surface area contributed by atoms with Crippen molar-refractivity contribution >= 4 is 52.7 Å². The molecule has 0 unspecified atom stereocenters. The van der Waals surface area contributed by atoms with E-state index >= 15 is 0 Å². The quantitative estimate of drug-likeness (QED) is 0.325. The first-order valence-electron chi connectivity index (χ1n) is 6.76. The van der Waals surface area contributed by atoms with E-state index in [1.54, 1.807) is 24.9 Å². The van der Waals surface area contributed by atoms with Gasteiger partial charge in [0.2, 0.25) is 0 Å². The molecule has 0 radical (unpaired) electrons. The summed E-state index contributed by atoms with van der Waals surface area (Å²) in [6.45, 7) is 3.30. The van der Waals surface area contributed by atoms with E-state index in [4.69, 9.17) is 4.42 Å². The minimum Gasteiger partial charge on any atom is -0.459 e. The average Bonchev–Trinajstić information content (AvgIpc) is 2.79. The molecule has 0 saturated carbocycles. The third-order valence-electron chi connectivity index (χ3n) is 3.24. The number of nitrogens with zero attached hydrogens (tertiary/aromatic N) is 1. The molecule has 0 amide bonds. The highest BCUT2D eigenvalue weighted by Crippen LogP contribution is 2.25. The molecule has 0 aliphatic carbocycles. The Morgan fingerprint density at radius 3 is 2.82 bits per heavy atom. The predicted octanol–water partition coefficient (Wildman–Crippen LogP) is 3.53. The van der Waals surface area contributed by atoms with E-state index in [0.717, 1.165) is 35.0 Å². The topological polar surface area (TPSA) is 49.6 Å². The van der Waals surface area contributed by atoms with Crippen LogP contribution in [0.25, 0.3) is 11.0 Å². The Kier molecular flexibility index (Phi) is 8.02. The zero-order valence-electron chi connectivity index (χ0n) is 12.9. The van der Waals surface area contributed by atoms with E-state index in [9.17, 15) is 4.39 Å². The minimum absolute atomic E-state index is 0. The number of halogens is 2. The Morgan fingerprint density at radius 1 is 1.36 bits per heavy atom. The fourth-order valence-corrected chi connectivity index (χ4v) is 2.37. The number of nitrogens with one attached hydrogen (secondary N) is 2. The van der Waals surface area contributed by atoms with Crippen molar-refractivity contribution < 1.29 is 8.81 Å². The molecule has 0 spiro atoms. The molecule has 0 bridgehead atoms. The number of fused-ring (bicyclic) bond motifs is 1. The van der Waals surface area contributed by atoms with Crippen molar-refractivity contribution in [2.45, 2.75) is 13.5 Å². The van der Waals surface area contributed by atoms with E-state index in [-0.39, 0.29) is 29.8 Å². The molecule has 0 saturated heterocycles. The van der Waals surface area contributed by atoms with E-state index in [1.165, 1.54) is 12.1 Å². The van der Waals surface area contributed by atoms with Crippen LogP contribution in [0.5, 0.6) is 0 Å². The number of hydrogen-bond acceptors (Lipinski definition) is 3. The van der Waals surface area contributed by atoms with Crippen molar-refractivity contribution in [3.05, 3.63) is 35.3 Å². The second-order valence-corrected chi connectivity index (χ2v) is 5.62. The lowest BCUT2D eigenvalue weighted by Crippen LogP contribution is -2.37. The van der Waals surface area contributed by atoms with Crippen LogP contribution in [0.3, 0.4) is 0 Å². The molecule has 0 atom stereocenters. The molecule has 4 nitrogen and oxygen atoms in total. The van der Waals surface area contributed by atoms with Crippen LogP contribution >= 0.6 is 35.7 Å². The van der Waals surface area contributed by atoms with Gasteiger partial charge < -0.3 is 15.1 Å². The maximum absolute atomic E-state index is 13.3. The molecular weight excluding hydrogens is 416 g/mol. The van der Waals surface area contributed by atoms with Crippen LogP contribution in [0.1, 0.15) is 11.3 Å². The van der Waals surface area contributed by atoms with Gasteiger partial charge in [0.1, 0.15) is 17.2 Å². The molecule has 2 aromatic rings. The summed E-state index contributed by atoms with van der Waals surface area (Å²) in [5.41, 5.74) is 1.66. The lowest BCUT2D eigenvalue weighted by atomic mass is 10.1. The van der Waals surface area contributed by atoms with Gasteiger partial charge in [-0.1, -0.05) is 0 Å². The summed E-state index contributed by atoms with van der Waals surface area (Å²) in [7, 11) is 1.73. The number of guanidine groups is 1. The van der Waals surface area contributed by atoms with Crippen molar-refractivity contribution in [1.29, 1.82) is 0 Å². The van der Waals surface area contributed by atoms with Gasteiger partial charge in [0.25, 0.3) is 0 Å². The Morgan fingerprint density at radius 2 is 2.14 bits per heavy atom. The van der Waals surface area contributed by atoms with Gasteiger partial charge in [-0.05, 0) is 31.4 Å². The molecule has 2 N–H and O–H groups in total. The third-order valence-corrected chi connectivity index (χ3v) is 3.85. The number of thioether (sulfide) groups is 1. The zero-order valence-corrected chi connectivity index (χ0v) is 16.1. The lowest BCUT2D eigenvalue weighted by molar-refractivity contribution is 0.534. The van der Waals surface area contributed by atoms with Crippen LogP contribution in [0.15, 0.2) is 27.6 Å². The van der Waals surface area contributed by atoms with Gasteiger partial charge in [-0.25, -0.2) is 4.39 Å². The van der Waals surface area contributed by atoms with Gasteiger partial charge in [0.15, 0.2) is 5.96 Å². The molecular formula is C15H21FIN3OS. The van der Waals surface area contributed by atoms with E-state index < -0.39 is 0 Å². The van der Waals surface area contributed by atoms with Gasteiger partial charge in [-0.3, -0.25) is 4.99 Å². The van der Waals surface area contributed by atoms with Crippen LogP contribution in [0.2, 0.25) is 0 Å². The molecule has 0 aliphatic rings. The molecule has 7 heteroatoms. The summed E-state index contributed by atoms with van der Waals surface area (Å²) in [6.07, 6.45) is 2.06. The highest BCUT2D eigenvalue weighted by molar-refractivity contribution is 14.0. The Hall–Kier alpha value is -0.960. The van der Waals surface area contributed by atoms with Gasteiger partial charge in [0.05, 0.1) is 6.54 Å². The van der Waals surface area contributed by atoms with Crippen molar-refractivity contribution in [2.75, 3.05) is 25.6 Å². The molecule has 0 aliphatic heterocycles. The number of furan rings is 1. The first-order chi connectivity index (χ1) is 10.2. The largest absolute Gasteiger partial charge is 0.459 e. The van der Waals surface area contributed by atoms with Crippen molar-refractivity contribution in [1.82, 2.24) is 10.6 Å². The van der Waals surface area contributed by atoms with Crippen LogP contribution in [-0.2, 0) is 6.54 Å². The van der Waals surface area contributed by atoms with Gasteiger partial charge in [-0.2, -0.15) is 11.8 Å². The summed E-state index contributed by atoms with van der Waals surface area (Å²) in [5.74, 6) is 2.29. The van der Waals surface area contributed by atoms with Crippen LogP contribution < -0.4 is 10.6 Å². The third kappa shape index (κ3) is 4.77. The highest BCUT2D eigenvalue weighted by Gasteiger charge is 2.11. The lowest BCUT2D eigenvalue weighted by Gasteiger charge is -2.10. The SMILES string of the molecule is CN=C(NCCSC)NCc1oc2ccc(F)cc2c1C.I. The number of aliphatic imine (C=N–C) groups is 1. The zero-order chi connectivity index (χ0) is 15.2. The van der Waals surface area contributed by atoms with E-state index in [0.29, 0.717) is 12.1 Å². The highest BCUT2D eigenvalue weighted by atomic mass is 127. The minimum atomic E-state index is -0.250. The first-order valence-corrected chi connectivity index (χ1v) is 8.16. The number of aryl methyl sites for hydroxylation is 1. The predicted molar refractivity (Wildman–Crippen MR) is 103 cm³/mol. The molecule has 2 rings (SSSR count). The maximum Gasteiger partial charge on any atom is 0.191 e. The molecule has 0 fully saturated rings. The summed E-state index contributed by atoms with van der Waals surface area (Å²) in [4.78, 5) is 4.16. The molecule has 22 heavy (non-hydrogen) atoms. The van der Waals surface area contributed by atoms with Crippen LogP contribution in [0, 0.1) is 12.7 Å².